The van der Waals surface area contributed by atoms with Crippen LogP contribution in [0.4, 0.5) is 0 Å². The highest BCUT2D eigenvalue weighted by Crippen LogP contribution is 2.44. The molecule has 2 atom stereocenters. The Morgan fingerprint density at radius 3 is 1.76 bits per heavy atom. The molecular formula is C31H63NO5P+. The highest BCUT2D eigenvalue weighted by atomic mass is 31.2. The third-order valence-corrected chi connectivity index (χ3v) is 8.99. The van der Waals surface area contributed by atoms with E-state index in [1.54, 1.807) is 11.8 Å². The van der Waals surface area contributed by atoms with Crippen molar-refractivity contribution in [1.29, 1.82) is 0 Å². The molecule has 2 N–H and O–H groups in total. The van der Waals surface area contributed by atoms with E-state index < -0.39 is 7.82 Å². The van der Waals surface area contributed by atoms with Gasteiger partial charge in [0.25, 0.3) is 0 Å². The molecule has 0 aromatic rings. The van der Waals surface area contributed by atoms with E-state index in [1.807, 2.05) is 0 Å². The van der Waals surface area contributed by atoms with E-state index in [9.17, 15) is 14.3 Å². The minimum absolute atomic E-state index is 0.0120. The van der Waals surface area contributed by atoms with Crippen molar-refractivity contribution in [2.24, 2.45) is 5.92 Å². The zero-order chi connectivity index (χ0) is 27.7. The van der Waals surface area contributed by atoms with Crippen LogP contribution in [0.2, 0.25) is 0 Å². The van der Waals surface area contributed by atoms with Gasteiger partial charge in [-0.05, 0) is 32.1 Å². The van der Waals surface area contributed by atoms with Crippen LogP contribution in [0.1, 0.15) is 155 Å². The van der Waals surface area contributed by atoms with E-state index in [4.69, 9.17) is 9.05 Å². The highest BCUT2D eigenvalue weighted by Gasteiger charge is 2.24. The molecule has 0 aliphatic carbocycles. The van der Waals surface area contributed by atoms with Gasteiger partial charge in [0.05, 0.1) is 32.8 Å². The Bertz CT molecular complexity index is 597. The number of unbranched alkanes of at least 4 members (excludes halogenated alkanes) is 16. The number of nitrogens with one attached hydrogen (secondary N) is 1. The predicted octanol–water partition coefficient (Wildman–Crippen LogP) is 7.83. The number of quaternary nitrogens is 1. The van der Waals surface area contributed by atoms with E-state index >= 15 is 0 Å². The molecular weight excluding hydrogens is 497 g/mol. The quantitative estimate of drug-likeness (QED) is 0.0753. The fourth-order valence-electron chi connectivity index (χ4n) is 5.65. The van der Waals surface area contributed by atoms with Crippen LogP contribution in [0.15, 0.2) is 0 Å². The first kappa shape index (κ1) is 35.8. The summed E-state index contributed by atoms with van der Waals surface area (Å²) in [6.07, 6.45) is 27.0. The van der Waals surface area contributed by atoms with E-state index in [-0.39, 0.29) is 24.9 Å². The van der Waals surface area contributed by atoms with Gasteiger partial charge in [0.15, 0.2) is 0 Å². The first-order valence-electron chi connectivity index (χ1n) is 16.4. The Labute approximate surface area is 235 Å². The largest absolute Gasteiger partial charge is 0.472 e. The SMILES string of the molecule is CCCCCCCCCCCCCCCCCCC(COP(=O)(O)OCCCC[NH+]1CCCC1)CC(C)=O. The zero-order valence-electron chi connectivity index (χ0n) is 25.2. The average Bonchev–Trinajstić information content (AvgIpc) is 3.40. The number of hydrogen-bond acceptors (Lipinski definition) is 4. The summed E-state index contributed by atoms with van der Waals surface area (Å²) in [5.41, 5.74) is 0. The molecule has 1 rings (SSSR count). The van der Waals surface area contributed by atoms with Gasteiger partial charge in [-0.25, -0.2) is 4.57 Å². The molecule has 1 fully saturated rings. The van der Waals surface area contributed by atoms with E-state index in [0.717, 1.165) is 38.6 Å². The number of ketones is 1. The molecule has 0 bridgehead atoms. The van der Waals surface area contributed by atoms with Crippen LogP contribution in [0.5, 0.6) is 0 Å². The minimum Gasteiger partial charge on any atom is -0.335 e. The predicted molar refractivity (Wildman–Crippen MR) is 159 cm³/mol. The molecule has 7 heteroatoms. The number of carbonyl (C=O) groups excluding carboxylic acids is 1. The van der Waals surface area contributed by atoms with Crippen LogP contribution < -0.4 is 4.90 Å². The molecule has 0 aromatic carbocycles. The number of hydrogen-bond donors (Lipinski definition) is 2. The maximum atomic E-state index is 12.3. The molecule has 6 nitrogen and oxygen atoms in total. The Kier molecular flexibility index (Phi) is 23.1. The monoisotopic (exact) mass is 560 g/mol. The molecule has 38 heavy (non-hydrogen) atoms. The molecule has 0 radical (unpaired) electrons. The number of Topliss-reactive ketones (excluding diaryl/α,β-unsaturated/α-hetero) is 1. The molecule has 0 aromatic heterocycles. The van der Waals surface area contributed by atoms with Gasteiger partial charge in [-0.1, -0.05) is 110 Å². The van der Waals surface area contributed by atoms with Crippen LogP contribution >= 0.6 is 7.82 Å². The van der Waals surface area contributed by atoms with Crippen molar-refractivity contribution in [3.05, 3.63) is 0 Å². The Balaban J connectivity index is 2.00. The second kappa shape index (κ2) is 24.5. The van der Waals surface area contributed by atoms with Crippen LogP contribution in [-0.2, 0) is 18.4 Å². The maximum absolute atomic E-state index is 12.3. The van der Waals surface area contributed by atoms with Crippen molar-refractivity contribution in [3.63, 3.8) is 0 Å². The van der Waals surface area contributed by atoms with Crippen LogP contribution in [0.3, 0.4) is 0 Å². The van der Waals surface area contributed by atoms with Gasteiger partial charge >= 0.3 is 7.82 Å². The molecule has 0 amide bonds. The lowest BCUT2D eigenvalue weighted by Gasteiger charge is -2.18. The second-order valence-corrected chi connectivity index (χ2v) is 13.3. The van der Waals surface area contributed by atoms with Crippen LogP contribution in [0.25, 0.3) is 0 Å². The van der Waals surface area contributed by atoms with Crippen molar-refractivity contribution < 1.29 is 28.2 Å². The smallest absolute Gasteiger partial charge is 0.335 e. The van der Waals surface area contributed by atoms with Crippen LogP contribution in [-0.4, -0.2) is 43.5 Å². The molecule has 1 aliphatic rings. The topological polar surface area (TPSA) is 77.3 Å². The van der Waals surface area contributed by atoms with E-state index in [0.29, 0.717) is 6.42 Å². The van der Waals surface area contributed by atoms with Gasteiger partial charge in [-0.3, -0.25) is 9.05 Å². The number of carbonyl (C=O) groups is 1. The van der Waals surface area contributed by atoms with Crippen molar-refractivity contribution in [2.45, 2.75) is 155 Å². The summed E-state index contributed by atoms with van der Waals surface area (Å²) in [4.78, 5) is 23.4. The lowest BCUT2D eigenvalue weighted by Crippen LogP contribution is -3.09. The van der Waals surface area contributed by atoms with Gasteiger partial charge in [0.1, 0.15) is 5.78 Å². The fourth-order valence-corrected chi connectivity index (χ4v) is 6.48. The van der Waals surface area contributed by atoms with Crippen molar-refractivity contribution in [1.82, 2.24) is 0 Å². The second-order valence-electron chi connectivity index (χ2n) is 11.9. The van der Waals surface area contributed by atoms with Gasteiger partial charge in [-0.15, -0.1) is 0 Å². The number of phosphoric ester groups is 1. The van der Waals surface area contributed by atoms with Gasteiger partial charge < -0.3 is 14.6 Å². The van der Waals surface area contributed by atoms with E-state index in [1.165, 1.54) is 116 Å². The normalized spacial score (nSPS) is 16.6. The molecule has 2 unspecified atom stereocenters. The van der Waals surface area contributed by atoms with Gasteiger partial charge in [-0.2, -0.15) is 0 Å². The number of phosphoric acid groups is 1. The summed E-state index contributed by atoms with van der Waals surface area (Å²) in [5.74, 6) is 0.0928. The first-order valence-corrected chi connectivity index (χ1v) is 17.9. The van der Waals surface area contributed by atoms with Gasteiger partial charge in [0, 0.05) is 19.3 Å². The number of rotatable bonds is 28. The third-order valence-electron chi connectivity index (χ3n) is 8.01. The van der Waals surface area contributed by atoms with Crippen molar-refractivity contribution in [2.75, 3.05) is 32.8 Å². The summed E-state index contributed by atoms with van der Waals surface area (Å²) in [5, 5.41) is 0. The lowest BCUT2D eigenvalue weighted by atomic mass is 9.96. The molecule has 1 aliphatic heterocycles. The summed E-state index contributed by atoms with van der Waals surface area (Å²) in [6.45, 7) is 7.83. The summed E-state index contributed by atoms with van der Waals surface area (Å²) >= 11 is 0. The lowest BCUT2D eigenvalue weighted by molar-refractivity contribution is -0.887. The van der Waals surface area contributed by atoms with E-state index in [2.05, 4.69) is 6.92 Å². The molecule has 1 saturated heterocycles. The summed E-state index contributed by atoms with van der Waals surface area (Å²) < 4.78 is 22.7. The highest BCUT2D eigenvalue weighted by molar-refractivity contribution is 7.47. The van der Waals surface area contributed by atoms with Crippen LogP contribution in [0, 0.1) is 5.92 Å². The third kappa shape index (κ3) is 22.5. The van der Waals surface area contributed by atoms with Gasteiger partial charge in [0.2, 0.25) is 0 Å². The molecule has 226 valence electrons. The fraction of sp³-hybridized carbons (Fsp3) is 0.968. The number of likely N-dealkylation sites (tertiary alicyclic amines) is 1. The zero-order valence-corrected chi connectivity index (χ0v) is 26.1. The Hall–Kier alpha value is -0.260. The minimum atomic E-state index is -4.05. The molecule has 0 saturated carbocycles. The Morgan fingerprint density at radius 2 is 1.26 bits per heavy atom. The summed E-state index contributed by atoms with van der Waals surface area (Å²) in [7, 11) is -4.05. The van der Waals surface area contributed by atoms with Crippen molar-refractivity contribution >= 4 is 13.6 Å². The molecule has 0 spiro atoms. The molecule has 1 heterocycles. The summed E-state index contributed by atoms with van der Waals surface area (Å²) in [6, 6.07) is 0. The Morgan fingerprint density at radius 1 is 0.763 bits per heavy atom. The average molecular weight is 561 g/mol. The standard InChI is InChI=1S/C31H62NO5P/c1-3-4-5-6-7-8-9-10-11-12-13-14-15-16-17-18-23-31(28-30(2)33)29-37-38(34,35)36-27-22-21-26-32-24-19-20-25-32/h31H,3-29H2,1-2H3,(H,34,35)/p+1. The first-order chi connectivity index (χ1) is 18.4. The maximum Gasteiger partial charge on any atom is 0.472 e. The van der Waals surface area contributed by atoms with Crippen molar-refractivity contribution in [3.8, 4) is 0 Å².